The number of thiophene rings is 1. The fourth-order valence-corrected chi connectivity index (χ4v) is 2.90. The van der Waals surface area contributed by atoms with Crippen LogP contribution in [0.1, 0.15) is 23.6 Å². The number of rotatable bonds is 6. The largest absolute Gasteiger partial charge is 0.488 e. The van der Waals surface area contributed by atoms with Gasteiger partial charge in [-0.2, -0.15) is 0 Å². The van der Waals surface area contributed by atoms with E-state index in [0.29, 0.717) is 12.6 Å². The molecule has 1 N–H and O–H groups in total. The highest BCUT2D eigenvalue weighted by Crippen LogP contribution is 2.35. The summed E-state index contributed by atoms with van der Waals surface area (Å²) in [5.41, 5.74) is 0. The molecule has 1 aromatic carbocycles. The van der Waals surface area contributed by atoms with Crippen LogP contribution in [0.4, 0.5) is 0 Å². The minimum absolute atomic E-state index is 0.288. The molecule has 112 valence electrons. The average molecular weight is 305 g/mol. The molecule has 1 aromatic heterocycles. The first kappa shape index (κ1) is 14.2. The van der Waals surface area contributed by atoms with E-state index in [-0.39, 0.29) is 6.79 Å². The van der Waals surface area contributed by atoms with Gasteiger partial charge in [0.05, 0.1) is 0 Å². The Morgan fingerprint density at radius 1 is 1.14 bits per heavy atom. The van der Waals surface area contributed by atoms with Crippen molar-refractivity contribution in [3.63, 3.8) is 0 Å². The number of benzene rings is 1. The lowest BCUT2D eigenvalue weighted by Gasteiger charge is -2.06. The van der Waals surface area contributed by atoms with E-state index >= 15 is 0 Å². The Morgan fingerprint density at radius 2 is 1.95 bits per heavy atom. The molecule has 0 radical (unpaired) electrons. The van der Waals surface area contributed by atoms with Gasteiger partial charge in [-0.1, -0.05) is 13.8 Å². The van der Waals surface area contributed by atoms with Crippen LogP contribution in [0.5, 0.6) is 17.2 Å². The fourth-order valence-electron chi connectivity index (χ4n) is 2.02. The second-order valence-electron chi connectivity index (χ2n) is 5.21. The summed E-state index contributed by atoms with van der Waals surface area (Å²) in [5, 5.41) is 3.42. The second-order valence-corrected chi connectivity index (χ2v) is 6.46. The zero-order valence-electron chi connectivity index (χ0n) is 12.2. The molecule has 0 amide bonds. The highest BCUT2D eigenvalue weighted by molar-refractivity contribution is 7.11. The molecule has 2 heterocycles. The van der Waals surface area contributed by atoms with Gasteiger partial charge in [-0.15, -0.1) is 11.3 Å². The monoisotopic (exact) mass is 305 g/mol. The standard InChI is InChI=1S/C16H19NO3S/c1-11(2)17-8-13-4-5-14(21-13)9-18-12-3-6-15-16(7-12)20-10-19-15/h3-7,11,17H,8-10H2,1-2H3. The average Bonchev–Trinajstić information content (AvgIpc) is 3.11. The number of hydrogen-bond acceptors (Lipinski definition) is 5. The van der Waals surface area contributed by atoms with Gasteiger partial charge in [0.1, 0.15) is 12.4 Å². The van der Waals surface area contributed by atoms with E-state index in [1.54, 1.807) is 11.3 Å². The van der Waals surface area contributed by atoms with Gasteiger partial charge in [0.15, 0.2) is 11.5 Å². The molecule has 4 nitrogen and oxygen atoms in total. The first-order valence-electron chi connectivity index (χ1n) is 7.04. The summed E-state index contributed by atoms with van der Waals surface area (Å²) in [7, 11) is 0. The van der Waals surface area contributed by atoms with Crippen LogP contribution in [0.25, 0.3) is 0 Å². The third-order valence-electron chi connectivity index (χ3n) is 3.13. The van der Waals surface area contributed by atoms with E-state index in [1.165, 1.54) is 9.75 Å². The summed E-state index contributed by atoms with van der Waals surface area (Å²) in [6.45, 7) is 6.07. The van der Waals surface area contributed by atoms with Crippen molar-refractivity contribution in [3.8, 4) is 17.2 Å². The molecule has 0 aliphatic carbocycles. The molecule has 0 saturated heterocycles. The minimum atomic E-state index is 0.288. The lowest BCUT2D eigenvalue weighted by atomic mass is 10.3. The second kappa shape index (κ2) is 6.37. The summed E-state index contributed by atoms with van der Waals surface area (Å²) in [6.07, 6.45) is 0. The van der Waals surface area contributed by atoms with Gasteiger partial charge in [-0.3, -0.25) is 0 Å². The first-order chi connectivity index (χ1) is 10.2. The van der Waals surface area contributed by atoms with Crippen LogP contribution in [-0.2, 0) is 13.2 Å². The van der Waals surface area contributed by atoms with Crippen LogP contribution in [0, 0.1) is 0 Å². The molecular formula is C16H19NO3S. The Balaban J connectivity index is 1.55. The molecule has 0 atom stereocenters. The van der Waals surface area contributed by atoms with Crippen LogP contribution in [0.3, 0.4) is 0 Å². The van der Waals surface area contributed by atoms with Crippen molar-refractivity contribution in [1.29, 1.82) is 0 Å². The van der Waals surface area contributed by atoms with Crippen LogP contribution in [0.15, 0.2) is 30.3 Å². The third-order valence-corrected chi connectivity index (χ3v) is 4.19. The summed E-state index contributed by atoms with van der Waals surface area (Å²) < 4.78 is 16.4. The van der Waals surface area contributed by atoms with Crippen LogP contribution in [-0.4, -0.2) is 12.8 Å². The lowest BCUT2D eigenvalue weighted by Crippen LogP contribution is -2.21. The molecular weight excluding hydrogens is 286 g/mol. The number of hydrogen-bond donors (Lipinski definition) is 1. The van der Waals surface area contributed by atoms with Crippen LogP contribution < -0.4 is 19.5 Å². The van der Waals surface area contributed by atoms with Gasteiger partial charge in [0.25, 0.3) is 0 Å². The zero-order chi connectivity index (χ0) is 14.7. The van der Waals surface area contributed by atoms with Gasteiger partial charge in [-0.25, -0.2) is 0 Å². The molecule has 1 aliphatic rings. The maximum Gasteiger partial charge on any atom is 0.231 e. The molecule has 2 aromatic rings. The Morgan fingerprint density at radius 3 is 2.81 bits per heavy atom. The van der Waals surface area contributed by atoms with E-state index in [9.17, 15) is 0 Å². The highest BCUT2D eigenvalue weighted by atomic mass is 32.1. The predicted octanol–water partition coefficient (Wildman–Crippen LogP) is 3.55. The molecule has 0 saturated carbocycles. The van der Waals surface area contributed by atoms with E-state index in [1.807, 2.05) is 18.2 Å². The van der Waals surface area contributed by atoms with Gasteiger partial charge < -0.3 is 19.5 Å². The van der Waals surface area contributed by atoms with E-state index in [0.717, 1.165) is 23.8 Å². The number of fused-ring (bicyclic) bond motifs is 1. The third kappa shape index (κ3) is 3.68. The van der Waals surface area contributed by atoms with Crippen molar-refractivity contribution in [1.82, 2.24) is 5.32 Å². The Hall–Kier alpha value is -1.72. The summed E-state index contributed by atoms with van der Waals surface area (Å²) in [6, 6.07) is 10.4. The molecule has 1 aliphatic heterocycles. The molecule has 0 fully saturated rings. The highest BCUT2D eigenvalue weighted by Gasteiger charge is 2.13. The Bertz CT molecular complexity index is 609. The first-order valence-corrected chi connectivity index (χ1v) is 7.86. The molecule has 0 bridgehead atoms. The summed E-state index contributed by atoms with van der Waals surface area (Å²) in [5.74, 6) is 2.33. The Kier molecular flexibility index (Phi) is 4.31. The van der Waals surface area contributed by atoms with E-state index < -0.39 is 0 Å². The lowest BCUT2D eigenvalue weighted by molar-refractivity contribution is 0.173. The van der Waals surface area contributed by atoms with Crippen molar-refractivity contribution in [2.24, 2.45) is 0 Å². The molecule has 0 unspecified atom stereocenters. The number of ether oxygens (including phenoxy) is 3. The van der Waals surface area contributed by atoms with Gasteiger partial charge in [0, 0.05) is 28.4 Å². The predicted molar refractivity (Wildman–Crippen MR) is 83.2 cm³/mol. The van der Waals surface area contributed by atoms with Crippen molar-refractivity contribution in [2.75, 3.05) is 6.79 Å². The molecule has 3 rings (SSSR count). The molecule has 21 heavy (non-hydrogen) atoms. The van der Waals surface area contributed by atoms with Crippen molar-refractivity contribution >= 4 is 11.3 Å². The summed E-state index contributed by atoms with van der Waals surface area (Å²) in [4.78, 5) is 2.54. The quantitative estimate of drug-likeness (QED) is 0.886. The molecule has 0 spiro atoms. The van der Waals surface area contributed by atoms with Crippen molar-refractivity contribution < 1.29 is 14.2 Å². The smallest absolute Gasteiger partial charge is 0.231 e. The van der Waals surface area contributed by atoms with Crippen molar-refractivity contribution in [3.05, 3.63) is 40.1 Å². The van der Waals surface area contributed by atoms with Gasteiger partial charge >= 0.3 is 0 Å². The van der Waals surface area contributed by atoms with E-state index in [4.69, 9.17) is 14.2 Å². The molecule has 5 heteroatoms. The van der Waals surface area contributed by atoms with Crippen LogP contribution >= 0.6 is 11.3 Å². The fraction of sp³-hybridized carbons (Fsp3) is 0.375. The normalized spacial score (nSPS) is 12.9. The van der Waals surface area contributed by atoms with Crippen LogP contribution in [0.2, 0.25) is 0 Å². The minimum Gasteiger partial charge on any atom is -0.488 e. The van der Waals surface area contributed by atoms with Gasteiger partial charge in [-0.05, 0) is 24.3 Å². The van der Waals surface area contributed by atoms with Gasteiger partial charge in [0.2, 0.25) is 6.79 Å². The topological polar surface area (TPSA) is 39.7 Å². The Labute approximate surface area is 128 Å². The summed E-state index contributed by atoms with van der Waals surface area (Å²) >= 11 is 1.78. The van der Waals surface area contributed by atoms with E-state index in [2.05, 4.69) is 31.3 Å². The SMILES string of the molecule is CC(C)NCc1ccc(COc2ccc3c(c2)OCO3)s1. The van der Waals surface area contributed by atoms with Crippen molar-refractivity contribution in [2.45, 2.75) is 33.0 Å². The number of nitrogens with one attached hydrogen (secondary N) is 1. The zero-order valence-corrected chi connectivity index (χ0v) is 13.0. The maximum absolute atomic E-state index is 5.81. The maximum atomic E-state index is 5.81.